The third-order valence-electron chi connectivity index (χ3n) is 4.24. The molecule has 3 heteroatoms. The van der Waals surface area contributed by atoms with E-state index in [2.05, 4.69) is 28.3 Å². The van der Waals surface area contributed by atoms with Crippen LogP contribution in [0.15, 0.2) is 6.20 Å². The van der Waals surface area contributed by atoms with Crippen molar-refractivity contribution in [3.63, 3.8) is 0 Å². The Balaban J connectivity index is 1.77. The Bertz CT molecular complexity index is 359. The van der Waals surface area contributed by atoms with Crippen LogP contribution in [0.3, 0.4) is 0 Å². The molecular weight excluding hydrogens is 198 g/mol. The van der Waals surface area contributed by atoms with E-state index in [1.165, 1.54) is 56.3 Å². The second kappa shape index (κ2) is 4.21. The van der Waals surface area contributed by atoms with Gasteiger partial charge in [-0.3, -0.25) is 4.68 Å². The predicted octanol–water partition coefficient (Wildman–Crippen LogP) is 1.98. The molecule has 2 heterocycles. The molecule has 1 aliphatic carbocycles. The molecule has 0 spiro atoms. The summed E-state index contributed by atoms with van der Waals surface area (Å²) >= 11 is 0. The largest absolute Gasteiger partial charge is 0.314 e. The summed E-state index contributed by atoms with van der Waals surface area (Å²) in [5.41, 5.74) is 3.01. The van der Waals surface area contributed by atoms with Gasteiger partial charge < -0.3 is 5.32 Å². The first-order chi connectivity index (χ1) is 7.84. The zero-order valence-corrected chi connectivity index (χ0v) is 10.1. The van der Waals surface area contributed by atoms with Gasteiger partial charge in [0.15, 0.2) is 0 Å². The van der Waals surface area contributed by atoms with Crippen LogP contribution in [0.25, 0.3) is 0 Å². The van der Waals surface area contributed by atoms with Crippen molar-refractivity contribution in [2.24, 2.45) is 7.05 Å². The molecule has 1 unspecified atom stereocenters. The molecule has 1 saturated heterocycles. The molecule has 1 aliphatic heterocycles. The average molecular weight is 219 g/mol. The van der Waals surface area contributed by atoms with Crippen LogP contribution >= 0.6 is 0 Å². The molecule has 0 aromatic carbocycles. The number of hydrogen-bond donors (Lipinski definition) is 1. The highest BCUT2D eigenvalue weighted by Crippen LogP contribution is 2.38. The first-order valence-electron chi connectivity index (χ1n) is 6.59. The number of nitrogens with one attached hydrogen (secondary N) is 1. The van der Waals surface area contributed by atoms with Crippen LogP contribution in [0.4, 0.5) is 0 Å². The summed E-state index contributed by atoms with van der Waals surface area (Å²) < 4.78 is 2.09. The molecule has 1 aromatic rings. The van der Waals surface area contributed by atoms with Crippen LogP contribution in [-0.2, 0) is 13.5 Å². The molecule has 3 nitrogen and oxygen atoms in total. The van der Waals surface area contributed by atoms with E-state index >= 15 is 0 Å². The van der Waals surface area contributed by atoms with Gasteiger partial charge in [-0.1, -0.05) is 6.42 Å². The van der Waals surface area contributed by atoms with E-state index in [0.717, 1.165) is 5.92 Å². The minimum absolute atomic E-state index is 0.689. The van der Waals surface area contributed by atoms with Crippen molar-refractivity contribution in [3.8, 4) is 0 Å². The van der Waals surface area contributed by atoms with E-state index in [1.807, 2.05) is 0 Å². The quantitative estimate of drug-likeness (QED) is 0.842. The molecule has 2 aliphatic rings. The lowest BCUT2D eigenvalue weighted by molar-refractivity contribution is 0.414. The lowest BCUT2D eigenvalue weighted by Crippen LogP contribution is -2.26. The molecule has 1 N–H and O–H groups in total. The molecule has 0 bridgehead atoms. The highest BCUT2D eigenvalue weighted by atomic mass is 15.3. The summed E-state index contributed by atoms with van der Waals surface area (Å²) in [6.07, 6.45) is 10.1. The van der Waals surface area contributed by atoms with Gasteiger partial charge in [0.05, 0.1) is 6.20 Å². The lowest BCUT2D eigenvalue weighted by Gasteiger charge is -2.26. The fraction of sp³-hybridized carbons (Fsp3) is 0.769. The third kappa shape index (κ3) is 1.77. The van der Waals surface area contributed by atoms with Crippen molar-refractivity contribution in [2.75, 3.05) is 6.54 Å². The van der Waals surface area contributed by atoms with Gasteiger partial charge in [-0.25, -0.2) is 0 Å². The van der Waals surface area contributed by atoms with Crippen molar-refractivity contribution < 1.29 is 0 Å². The molecule has 1 saturated carbocycles. The third-order valence-corrected chi connectivity index (χ3v) is 4.24. The Hall–Kier alpha value is -0.830. The maximum absolute atomic E-state index is 4.45. The molecule has 16 heavy (non-hydrogen) atoms. The van der Waals surface area contributed by atoms with Gasteiger partial charge in [0.2, 0.25) is 0 Å². The van der Waals surface area contributed by atoms with Crippen LogP contribution in [0, 0.1) is 0 Å². The average Bonchev–Trinajstić information content (AvgIpc) is 2.80. The SMILES string of the molecule is Cn1ncc(C2CCC2)c1CC1CCCN1. The number of hydrogen-bond acceptors (Lipinski definition) is 2. The second-order valence-electron chi connectivity index (χ2n) is 5.30. The number of aromatic nitrogens is 2. The first-order valence-corrected chi connectivity index (χ1v) is 6.59. The van der Waals surface area contributed by atoms with E-state index in [9.17, 15) is 0 Å². The summed E-state index contributed by atoms with van der Waals surface area (Å²) in [7, 11) is 2.09. The first kappa shape index (κ1) is 10.3. The smallest absolute Gasteiger partial charge is 0.0527 e. The number of aryl methyl sites for hydroxylation is 1. The van der Waals surface area contributed by atoms with Crippen LogP contribution < -0.4 is 5.32 Å². The number of nitrogens with zero attached hydrogens (tertiary/aromatic N) is 2. The maximum Gasteiger partial charge on any atom is 0.0527 e. The predicted molar refractivity (Wildman–Crippen MR) is 64.5 cm³/mol. The topological polar surface area (TPSA) is 29.9 Å². The molecule has 0 amide bonds. The Morgan fingerprint density at radius 1 is 1.38 bits per heavy atom. The highest BCUT2D eigenvalue weighted by Gasteiger charge is 2.26. The highest BCUT2D eigenvalue weighted by molar-refractivity contribution is 5.25. The fourth-order valence-electron chi connectivity index (χ4n) is 2.95. The molecule has 88 valence electrons. The van der Waals surface area contributed by atoms with Crippen molar-refractivity contribution >= 4 is 0 Å². The maximum atomic E-state index is 4.45. The molecule has 1 atom stereocenters. The minimum atomic E-state index is 0.689. The van der Waals surface area contributed by atoms with Crippen molar-refractivity contribution in [1.82, 2.24) is 15.1 Å². The summed E-state index contributed by atoms with van der Waals surface area (Å²) in [5.74, 6) is 0.810. The molecular formula is C13H21N3. The Morgan fingerprint density at radius 3 is 2.88 bits per heavy atom. The minimum Gasteiger partial charge on any atom is -0.314 e. The zero-order valence-electron chi connectivity index (χ0n) is 10.1. The summed E-state index contributed by atoms with van der Waals surface area (Å²) in [5, 5.41) is 8.03. The van der Waals surface area contributed by atoms with E-state index in [1.54, 1.807) is 0 Å². The van der Waals surface area contributed by atoms with Crippen LogP contribution in [0.1, 0.15) is 49.3 Å². The van der Waals surface area contributed by atoms with Gasteiger partial charge in [0.25, 0.3) is 0 Å². The Kier molecular flexibility index (Phi) is 2.72. The van der Waals surface area contributed by atoms with E-state index < -0.39 is 0 Å². The van der Waals surface area contributed by atoms with Gasteiger partial charge in [-0.2, -0.15) is 5.10 Å². The van der Waals surface area contributed by atoms with Crippen molar-refractivity contribution in [1.29, 1.82) is 0 Å². The second-order valence-corrected chi connectivity index (χ2v) is 5.30. The van der Waals surface area contributed by atoms with E-state index in [-0.39, 0.29) is 0 Å². The van der Waals surface area contributed by atoms with Gasteiger partial charge in [0, 0.05) is 25.2 Å². The number of rotatable bonds is 3. The molecule has 0 radical (unpaired) electrons. The van der Waals surface area contributed by atoms with Crippen LogP contribution in [0.2, 0.25) is 0 Å². The monoisotopic (exact) mass is 219 g/mol. The van der Waals surface area contributed by atoms with E-state index in [4.69, 9.17) is 0 Å². The summed E-state index contributed by atoms with van der Waals surface area (Å²) in [4.78, 5) is 0. The molecule has 1 aromatic heterocycles. The van der Waals surface area contributed by atoms with E-state index in [0.29, 0.717) is 6.04 Å². The summed E-state index contributed by atoms with van der Waals surface area (Å²) in [6, 6.07) is 0.689. The van der Waals surface area contributed by atoms with Crippen molar-refractivity contribution in [2.45, 2.75) is 50.5 Å². The lowest BCUT2D eigenvalue weighted by atomic mass is 9.79. The molecule has 2 fully saturated rings. The fourth-order valence-corrected chi connectivity index (χ4v) is 2.95. The van der Waals surface area contributed by atoms with Crippen molar-refractivity contribution in [3.05, 3.63) is 17.5 Å². The Labute approximate surface area is 97.2 Å². The van der Waals surface area contributed by atoms with Gasteiger partial charge >= 0.3 is 0 Å². The Morgan fingerprint density at radius 2 is 2.25 bits per heavy atom. The van der Waals surface area contributed by atoms with Gasteiger partial charge in [0.1, 0.15) is 0 Å². The zero-order chi connectivity index (χ0) is 11.0. The van der Waals surface area contributed by atoms with Crippen LogP contribution in [-0.4, -0.2) is 22.4 Å². The van der Waals surface area contributed by atoms with Crippen LogP contribution in [0.5, 0.6) is 0 Å². The normalized spacial score (nSPS) is 25.9. The summed E-state index contributed by atoms with van der Waals surface area (Å²) in [6.45, 7) is 1.20. The van der Waals surface area contributed by atoms with Gasteiger partial charge in [-0.05, 0) is 43.7 Å². The van der Waals surface area contributed by atoms with Gasteiger partial charge in [-0.15, -0.1) is 0 Å². The standard InChI is InChI=1S/C13H21N3/c1-16-13(8-11-6-3-7-14-11)12(9-15-16)10-4-2-5-10/h9-11,14H,2-8H2,1H3. The molecule has 3 rings (SSSR count).